The molecule has 0 radical (unpaired) electrons. The van der Waals surface area contributed by atoms with Crippen LogP contribution in [-0.4, -0.2) is 99.6 Å². The van der Waals surface area contributed by atoms with Gasteiger partial charge in [0.15, 0.2) is 12.4 Å². The van der Waals surface area contributed by atoms with Crippen LogP contribution < -0.4 is 5.32 Å². The van der Waals surface area contributed by atoms with E-state index in [4.69, 9.17) is 14.2 Å². The Morgan fingerprint density at radius 1 is 0.488 bits per heavy atom. The van der Waals surface area contributed by atoms with E-state index in [2.05, 4.69) is 99.0 Å². The smallest absolute Gasteiger partial charge is 0.306 e. The van der Waals surface area contributed by atoms with Crippen LogP contribution >= 0.6 is 0 Å². The van der Waals surface area contributed by atoms with E-state index >= 15 is 0 Å². The summed E-state index contributed by atoms with van der Waals surface area (Å²) < 4.78 is 17.7. The van der Waals surface area contributed by atoms with Crippen LogP contribution in [0.25, 0.3) is 0 Å². The van der Waals surface area contributed by atoms with Crippen LogP contribution in [0, 0.1) is 0 Å². The third kappa shape index (κ3) is 45.2. The summed E-state index contributed by atoms with van der Waals surface area (Å²) in [4.78, 5) is 26.6. The van der Waals surface area contributed by atoms with Crippen LogP contribution in [0.1, 0.15) is 290 Å². The standard InChI is InChI=1S/C71H125NO10/c1-4-7-10-13-16-19-22-25-27-28-29-30-31-32-33-34-35-36-37-38-39-41-44-47-50-53-56-59-66(76)82-69-68(78)67(77)65(60-73)81-71(69)80-61-62(63(74)57-54-51-48-45-42-24-21-18-15-12-9-6-3)72-70(79)64(75)58-55-52-49-46-43-40-26-23-20-17-14-11-8-5-2/h16-17,19-20,23,25-27,29-30,32-33,54,57,62-65,67-69,71,73-75,77-78H,4-15,18,21-22,24,28,31,34-53,55-56,58-61H2,1-3H3,(H,72,79)/b19-16-,20-17+,26-23+,27-25-,30-29-,33-32-,57-54+. The van der Waals surface area contributed by atoms with Gasteiger partial charge in [-0.05, 0) is 96.3 Å². The molecule has 1 amide bonds. The number of carbonyl (C=O) groups excluding carboxylic acids is 2. The minimum absolute atomic E-state index is 0.115. The Morgan fingerprint density at radius 2 is 0.878 bits per heavy atom. The van der Waals surface area contributed by atoms with Crippen molar-refractivity contribution in [1.82, 2.24) is 5.32 Å². The molecular weight excluding hydrogens is 1030 g/mol. The predicted molar refractivity (Wildman–Crippen MR) is 342 cm³/mol. The van der Waals surface area contributed by atoms with Crippen molar-refractivity contribution in [3.8, 4) is 0 Å². The summed E-state index contributed by atoms with van der Waals surface area (Å²) in [5.41, 5.74) is 0. The van der Waals surface area contributed by atoms with E-state index in [1.54, 1.807) is 6.08 Å². The molecule has 0 aromatic carbocycles. The molecule has 82 heavy (non-hydrogen) atoms. The van der Waals surface area contributed by atoms with Crippen LogP contribution in [0.15, 0.2) is 85.1 Å². The normalized spacial score (nSPS) is 19.1. The van der Waals surface area contributed by atoms with Gasteiger partial charge in [0.25, 0.3) is 0 Å². The first-order valence-corrected chi connectivity index (χ1v) is 33.9. The molecule has 0 spiro atoms. The lowest BCUT2D eigenvalue weighted by Gasteiger charge is -2.41. The number of aliphatic hydroxyl groups is 5. The van der Waals surface area contributed by atoms with E-state index in [9.17, 15) is 35.1 Å². The first kappa shape index (κ1) is 76.9. The monoisotopic (exact) mass is 1150 g/mol. The van der Waals surface area contributed by atoms with E-state index in [1.807, 2.05) is 6.08 Å². The Morgan fingerprint density at radius 3 is 1.35 bits per heavy atom. The summed E-state index contributed by atoms with van der Waals surface area (Å²) in [5.74, 6) is -1.21. The molecule has 1 saturated heterocycles. The third-order valence-corrected chi connectivity index (χ3v) is 15.5. The van der Waals surface area contributed by atoms with Crippen LogP contribution in [0.3, 0.4) is 0 Å². The van der Waals surface area contributed by atoms with Crippen LogP contribution in [0.5, 0.6) is 0 Å². The number of esters is 1. The third-order valence-electron chi connectivity index (χ3n) is 15.5. The highest BCUT2D eigenvalue weighted by atomic mass is 16.7. The summed E-state index contributed by atoms with van der Waals surface area (Å²) in [5, 5.41) is 57.1. The van der Waals surface area contributed by atoms with Gasteiger partial charge in [-0.2, -0.15) is 0 Å². The summed E-state index contributed by atoms with van der Waals surface area (Å²) in [7, 11) is 0. The fraction of sp³-hybridized carbons (Fsp3) is 0.775. The topological polar surface area (TPSA) is 175 Å². The molecule has 1 fully saturated rings. The zero-order valence-corrected chi connectivity index (χ0v) is 52.6. The number of ether oxygens (including phenoxy) is 3. The molecule has 11 heteroatoms. The number of hydrogen-bond acceptors (Lipinski definition) is 10. The number of carbonyl (C=O) groups is 2. The summed E-state index contributed by atoms with van der Waals surface area (Å²) in [6, 6.07) is -1.03. The highest BCUT2D eigenvalue weighted by molar-refractivity contribution is 5.80. The Balaban J connectivity index is 2.57. The molecule has 0 aliphatic carbocycles. The molecule has 0 aromatic rings. The van der Waals surface area contributed by atoms with E-state index < -0.39 is 67.4 Å². The number of allylic oxidation sites excluding steroid dienone is 13. The second-order valence-electron chi connectivity index (χ2n) is 23.2. The molecule has 1 aliphatic rings. The van der Waals surface area contributed by atoms with Gasteiger partial charge in [-0.1, -0.05) is 273 Å². The average molecular weight is 1150 g/mol. The Bertz CT molecular complexity index is 1660. The van der Waals surface area contributed by atoms with E-state index in [0.29, 0.717) is 12.8 Å². The maximum atomic E-state index is 13.4. The molecule has 1 heterocycles. The molecule has 474 valence electrons. The van der Waals surface area contributed by atoms with Crippen molar-refractivity contribution in [1.29, 1.82) is 0 Å². The van der Waals surface area contributed by atoms with Crippen LogP contribution in [0.2, 0.25) is 0 Å². The number of aliphatic hydroxyl groups excluding tert-OH is 5. The fourth-order valence-electron chi connectivity index (χ4n) is 10.2. The zero-order valence-electron chi connectivity index (χ0n) is 52.6. The van der Waals surface area contributed by atoms with Gasteiger partial charge in [0.2, 0.25) is 5.91 Å². The molecule has 6 N–H and O–H groups in total. The van der Waals surface area contributed by atoms with Gasteiger partial charge in [-0.3, -0.25) is 9.59 Å². The molecule has 8 atom stereocenters. The van der Waals surface area contributed by atoms with Crippen molar-refractivity contribution in [2.45, 2.75) is 339 Å². The summed E-state index contributed by atoms with van der Waals surface area (Å²) in [6.07, 6.45) is 66.2. The van der Waals surface area contributed by atoms with E-state index in [-0.39, 0.29) is 19.4 Å². The highest BCUT2D eigenvalue weighted by Gasteiger charge is 2.47. The SMILES string of the molecule is CCCCC/C=C\C/C=C\C/C=C\C/C=C\CCCCCCCCCCCCCC(=O)OC1C(OCC(NC(=O)C(O)CCCCCCC/C=C/C=C/CCCCC)C(O)/C=C/CCCCCCCCCCCC)OC(CO)C(O)C1O. The lowest BCUT2D eigenvalue weighted by molar-refractivity contribution is -0.305. The maximum absolute atomic E-state index is 13.4. The van der Waals surface area contributed by atoms with Gasteiger partial charge < -0.3 is 45.1 Å². The molecule has 0 bridgehead atoms. The van der Waals surface area contributed by atoms with E-state index in [0.717, 1.165) is 103 Å². The van der Waals surface area contributed by atoms with Crippen LogP contribution in [-0.2, 0) is 23.8 Å². The zero-order chi connectivity index (χ0) is 59.6. The number of rotatable bonds is 57. The number of nitrogens with one attached hydrogen (secondary N) is 1. The molecule has 0 saturated carbocycles. The molecule has 11 nitrogen and oxygen atoms in total. The predicted octanol–water partition coefficient (Wildman–Crippen LogP) is 16.9. The highest BCUT2D eigenvalue weighted by Crippen LogP contribution is 2.26. The molecule has 0 aromatic heterocycles. The van der Waals surface area contributed by atoms with Crippen molar-refractivity contribution in [2.24, 2.45) is 0 Å². The number of unbranched alkanes of at least 4 members (excludes halogenated alkanes) is 32. The maximum Gasteiger partial charge on any atom is 0.306 e. The second-order valence-corrected chi connectivity index (χ2v) is 23.2. The fourth-order valence-corrected chi connectivity index (χ4v) is 10.2. The van der Waals surface area contributed by atoms with Crippen molar-refractivity contribution < 1.29 is 49.3 Å². The molecule has 1 rings (SSSR count). The summed E-state index contributed by atoms with van der Waals surface area (Å²) >= 11 is 0. The molecular formula is C71H125NO10. The largest absolute Gasteiger partial charge is 0.454 e. The number of amides is 1. The quantitative estimate of drug-likeness (QED) is 0.0149. The number of hydrogen-bond donors (Lipinski definition) is 6. The van der Waals surface area contributed by atoms with Gasteiger partial charge in [-0.15, -0.1) is 0 Å². The van der Waals surface area contributed by atoms with Gasteiger partial charge >= 0.3 is 5.97 Å². The Labute approximate surface area is 502 Å². The van der Waals surface area contributed by atoms with Crippen molar-refractivity contribution in [3.05, 3.63) is 85.1 Å². The van der Waals surface area contributed by atoms with Crippen molar-refractivity contribution >= 4 is 11.9 Å². The van der Waals surface area contributed by atoms with Crippen molar-refractivity contribution in [3.63, 3.8) is 0 Å². The van der Waals surface area contributed by atoms with E-state index in [1.165, 1.54) is 141 Å². The molecule has 1 aliphatic heterocycles. The summed E-state index contributed by atoms with van der Waals surface area (Å²) in [6.45, 7) is 5.73. The van der Waals surface area contributed by atoms with Gasteiger partial charge in [0.1, 0.15) is 24.4 Å². The van der Waals surface area contributed by atoms with Gasteiger partial charge in [-0.25, -0.2) is 0 Å². The average Bonchev–Trinajstić information content (AvgIpc) is 3.48. The first-order chi connectivity index (χ1) is 40.2. The Kier molecular flexibility index (Phi) is 54.6. The Hall–Kier alpha value is -3.16. The van der Waals surface area contributed by atoms with Gasteiger partial charge in [0.05, 0.1) is 25.4 Å². The van der Waals surface area contributed by atoms with Crippen LogP contribution in [0.4, 0.5) is 0 Å². The first-order valence-electron chi connectivity index (χ1n) is 33.9. The van der Waals surface area contributed by atoms with Gasteiger partial charge in [0, 0.05) is 6.42 Å². The second kappa shape index (κ2) is 58.2. The lowest BCUT2D eigenvalue weighted by atomic mass is 9.99. The molecule has 8 unspecified atom stereocenters. The van der Waals surface area contributed by atoms with Crippen molar-refractivity contribution in [2.75, 3.05) is 13.2 Å². The minimum atomic E-state index is -1.62. The lowest BCUT2D eigenvalue weighted by Crippen LogP contribution is -2.61. The minimum Gasteiger partial charge on any atom is -0.454 e.